The standard InChI is InChI=1S/C17H22N4/c1-13-10-21(11-14-5-3-2-4-6-14)12-17(13)20-16-9-19-8-7-15(16)18/h2-9,13,17,20H,10-12H2,1H3,(H2,18,19). The van der Waals surface area contributed by atoms with Gasteiger partial charge in [-0.2, -0.15) is 0 Å². The summed E-state index contributed by atoms with van der Waals surface area (Å²) in [6.45, 7) is 5.43. The molecule has 3 rings (SSSR count). The van der Waals surface area contributed by atoms with Gasteiger partial charge in [-0.05, 0) is 17.5 Å². The minimum absolute atomic E-state index is 0.417. The molecule has 0 saturated carbocycles. The van der Waals surface area contributed by atoms with E-state index in [9.17, 15) is 0 Å². The third-order valence-electron chi connectivity index (χ3n) is 4.13. The van der Waals surface area contributed by atoms with E-state index in [4.69, 9.17) is 5.73 Å². The number of aromatic nitrogens is 1. The Kier molecular flexibility index (Phi) is 4.06. The largest absolute Gasteiger partial charge is 0.397 e. The quantitative estimate of drug-likeness (QED) is 0.905. The molecule has 2 heterocycles. The first-order chi connectivity index (χ1) is 10.2. The molecule has 1 saturated heterocycles. The van der Waals surface area contributed by atoms with Crippen molar-refractivity contribution < 1.29 is 0 Å². The summed E-state index contributed by atoms with van der Waals surface area (Å²) in [5, 5.41) is 3.55. The maximum absolute atomic E-state index is 5.99. The minimum atomic E-state index is 0.417. The Balaban J connectivity index is 1.62. The number of rotatable bonds is 4. The number of pyridine rings is 1. The van der Waals surface area contributed by atoms with Crippen molar-refractivity contribution in [2.45, 2.75) is 19.5 Å². The number of nitrogen functional groups attached to an aromatic ring is 1. The van der Waals surface area contributed by atoms with E-state index in [-0.39, 0.29) is 0 Å². The predicted octanol–water partition coefficient (Wildman–Crippen LogP) is 2.60. The van der Waals surface area contributed by atoms with Gasteiger partial charge in [0.1, 0.15) is 0 Å². The number of nitrogens with zero attached hydrogens (tertiary/aromatic N) is 2. The van der Waals surface area contributed by atoms with Gasteiger partial charge in [0.15, 0.2) is 0 Å². The van der Waals surface area contributed by atoms with E-state index in [2.05, 4.69) is 52.5 Å². The van der Waals surface area contributed by atoms with Crippen molar-refractivity contribution in [1.82, 2.24) is 9.88 Å². The predicted molar refractivity (Wildman–Crippen MR) is 86.9 cm³/mol. The van der Waals surface area contributed by atoms with Gasteiger partial charge in [0, 0.05) is 31.9 Å². The number of anilines is 2. The lowest BCUT2D eigenvalue weighted by Gasteiger charge is -2.19. The average molecular weight is 282 g/mol. The van der Waals surface area contributed by atoms with E-state index >= 15 is 0 Å². The Hall–Kier alpha value is -2.07. The van der Waals surface area contributed by atoms with Gasteiger partial charge in [0.2, 0.25) is 0 Å². The van der Waals surface area contributed by atoms with Gasteiger partial charge in [-0.25, -0.2) is 0 Å². The molecule has 4 heteroatoms. The van der Waals surface area contributed by atoms with Crippen LogP contribution in [0.1, 0.15) is 12.5 Å². The summed E-state index contributed by atoms with van der Waals surface area (Å²) in [5.74, 6) is 0.591. The van der Waals surface area contributed by atoms with Crippen molar-refractivity contribution in [1.29, 1.82) is 0 Å². The second kappa shape index (κ2) is 6.14. The Bertz CT molecular complexity index is 584. The lowest BCUT2D eigenvalue weighted by molar-refractivity contribution is 0.319. The van der Waals surface area contributed by atoms with Crippen LogP contribution in [0.3, 0.4) is 0 Å². The maximum atomic E-state index is 5.99. The Morgan fingerprint density at radius 3 is 2.81 bits per heavy atom. The molecule has 1 aliphatic rings. The minimum Gasteiger partial charge on any atom is -0.397 e. The van der Waals surface area contributed by atoms with Crippen molar-refractivity contribution in [3.05, 3.63) is 54.4 Å². The summed E-state index contributed by atoms with van der Waals surface area (Å²) in [5.41, 5.74) is 9.06. The molecule has 0 radical (unpaired) electrons. The van der Waals surface area contributed by atoms with Gasteiger partial charge in [-0.15, -0.1) is 0 Å². The van der Waals surface area contributed by atoms with Crippen LogP contribution in [0.4, 0.5) is 11.4 Å². The average Bonchev–Trinajstić information content (AvgIpc) is 2.82. The molecule has 3 N–H and O–H groups in total. The number of benzene rings is 1. The fraction of sp³-hybridized carbons (Fsp3) is 0.353. The highest BCUT2D eigenvalue weighted by Crippen LogP contribution is 2.24. The smallest absolute Gasteiger partial charge is 0.0762 e. The molecule has 1 aliphatic heterocycles. The van der Waals surface area contributed by atoms with Gasteiger partial charge in [0.05, 0.1) is 17.6 Å². The molecule has 4 nitrogen and oxygen atoms in total. The molecule has 0 amide bonds. The van der Waals surface area contributed by atoms with Gasteiger partial charge < -0.3 is 11.1 Å². The number of hydrogen-bond donors (Lipinski definition) is 2. The number of hydrogen-bond acceptors (Lipinski definition) is 4. The van der Waals surface area contributed by atoms with Crippen LogP contribution in [-0.4, -0.2) is 29.0 Å². The van der Waals surface area contributed by atoms with Crippen LogP contribution in [0.15, 0.2) is 48.8 Å². The Labute approximate surface area is 126 Å². The van der Waals surface area contributed by atoms with Gasteiger partial charge >= 0.3 is 0 Å². The lowest BCUT2D eigenvalue weighted by Crippen LogP contribution is -2.28. The van der Waals surface area contributed by atoms with E-state index in [0.29, 0.717) is 12.0 Å². The SMILES string of the molecule is CC1CN(Cc2ccccc2)CC1Nc1cnccc1N. The van der Waals surface area contributed by atoms with Crippen LogP contribution in [-0.2, 0) is 6.54 Å². The molecule has 110 valence electrons. The van der Waals surface area contributed by atoms with E-state index < -0.39 is 0 Å². The summed E-state index contributed by atoms with van der Waals surface area (Å²) in [4.78, 5) is 6.63. The number of nitrogens with two attached hydrogens (primary N) is 1. The van der Waals surface area contributed by atoms with Gasteiger partial charge in [0.25, 0.3) is 0 Å². The van der Waals surface area contributed by atoms with Crippen molar-refractivity contribution in [2.24, 2.45) is 5.92 Å². The van der Waals surface area contributed by atoms with Gasteiger partial charge in [-0.3, -0.25) is 9.88 Å². The molecule has 1 aromatic heterocycles. The summed E-state index contributed by atoms with van der Waals surface area (Å²) in [6, 6.07) is 12.9. The summed E-state index contributed by atoms with van der Waals surface area (Å²) < 4.78 is 0. The lowest BCUT2D eigenvalue weighted by atomic mass is 10.1. The molecule has 1 aromatic carbocycles. The van der Waals surface area contributed by atoms with Crippen LogP contribution >= 0.6 is 0 Å². The van der Waals surface area contributed by atoms with Crippen molar-refractivity contribution in [2.75, 3.05) is 24.1 Å². The van der Waals surface area contributed by atoms with Crippen molar-refractivity contribution in [3.63, 3.8) is 0 Å². The van der Waals surface area contributed by atoms with Crippen LogP contribution in [0, 0.1) is 5.92 Å². The third-order valence-corrected chi connectivity index (χ3v) is 4.13. The maximum Gasteiger partial charge on any atom is 0.0762 e. The van der Waals surface area contributed by atoms with Crippen LogP contribution in [0.5, 0.6) is 0 Å². The Morgan fingerprint density at radius 1 is 1.24 bits per heavy atom. The fourth-order valence-corrected chi connectivity index (χ4v) is 2.95. The molecular weight excluding hydrogens is 260 g/mol. The molecule has 0 aliphatic carbocycles. The van der Waals surface area contributed by atoms with Gasteiger partial charge in [-0.1, -0.05) is 37.3 Å². The zero-order valence-corrected chi connectivity index (χ0v) is 12.4. The molecule has 0 bridgehead atoms. The van der Waals surface area contributed by atoms with E-state index in [0.717, 1.165) is 31.0 Å². The summed E-state index contributed by atoms with van der Waals surface area (Å²) in [6.07, 6.45) is 3.53. The molecular formula is C17H22N4. The molecule has 0 spiro atoms. The van der Waals surface area contributed by atoms with Crippen molar-refractivity contribution in [3.8, 4) is 0 Å². The number of likely N-dealkylation sites (tertiary alicyclic amines) is 1. The third kappa shape index (κ3) is 3.34. The van der Waals surface area contributed by atoms with E-state index in [1.807, 2.05) is 12.3 Å². The first kappa shape index (κ1) is 13.9. The number of nitrogens with one attached hydrogen (secondary N) is 1. The first-order valence-electron chi connectivity index (χ1n) is 7.44. The monoisotopic (exact) mass is 282 g/mol. The molecule has 2 aromatic rings. The second-order valence-corrected chi connectivity index (χ2v) is 5.87. The highest BCUT2D eigenvalue weighted by molar-refractivity contribution is 5.64. The summed E-state index contributed by atoms with van der Waals surface area (Å²) >= 11 is 0. The van der Waals surface area contributed by atoms with E-state index in [1.165, 1.54) is 5.56 Å². The molecule has 2 atom stereocenters. The Morgan fingerprint density at radius 2 is 2.05 bits per heavy atom. The van der Waals surface area contributed by atoms with E-state index in [1.54, 1.807) is 6.20 Å². The first-order valence-corrected chi connectivity index (χ1v) is 7.44. The fourth-order valence-electron chi connectivity index (χ4n) is 2.95. The molecule has 21 heavy (non-hydrogen) atoms. The molecule has 1 fully saturated rings. The normalized spacial score (nSPS) is 22.3. The zero-order chi connectivity index (χ0) is 14.7. The van der Waals surface area contributed by atoms with Crippen LogP contribution < -0.4 is 11.1 Å². The molecule has 2 unspecified atom stereocenters. The van der Waals surface area contributed by atoms with Crippen LogP contribution in [0.25, 0.3) is 0 Å². The second-order valence-electron chi connectivity index (χ2n) is 5.87. The van der Waals surface area contributed by atoms with Crippen molar-refractivity contribution >= 4 is 11.4 Å². The highest BCUT2D eigenvalue weighted by Gasteiger charge is 2.29. The highest BCUT2D eigenvalue weighted by atomic mass is 15.2. The van der Waals surface area contributed by atoms with Crippen LogP contribution in [0.2, 0.25) is 0 Å². The summed E-state index contributed by atoms with van der Waals surface area (Å²) in [7, 11) is 0. The zero-order valence-electron chi connectivity index (χ0n) is 12.4. The topological polar surface area (TPSA) is 54.2 Å².